The Morgan fingerprint density at radius 3 is 2.30 bits per heavy atom. The molecule has 4 rings (SSSR count). The summed E-state index contributed by atoms with van der Waals surface area (Å²) in [6.07, 6.45) is -3.08. The number of halogens is 4. The van der Waals surface area contributed by atoms with E-state index in [4.69, 9.17) is 16.3 Å². The summed E-state index contributed by atoms with van der Waals surface area (Å²) in [5, 5.41) is 9.86. The second-order valence-corrected chi connectivity index (χ2v) is 11.7. The number of nitrogens with one attached hydrogen (secondary N) is 4. The van der Waals surface area contributed by atoms with Gasteiger partial charge in [0.15, 0.2) is 6.61 Å². The Kier molecular flexibility index (Phi) is 9.94. The van der Waals surface area contributed by atoms with Crippen LogP contribution in [0.5, 0.6) is 6.01 Å². The first-order chi connectivity index (χ1) is 20.8. The standard InChI is InChI=1S/C27H27ClF3N7O5S/c1-2-44(41,42)38-21(39)4-3-15-32-22(40)17-5-11-20(12-6-17)33-23-34-24(36-25(35-23)43-16-27(29,30)31)37-26(13-14-26)18-7-9-19(28)10-8-18/h2,5-12H,1,3-4,13-16H2,(H,32,40)(H,38,39)(H2,33,34,35,36,37). The lowest BCUT2D eigenvalue weighted by atomic mass is 10.1. The smallest absolute Gasteiger partial charge is 0.422 e. The van der Waals surface area contributed by atoms with Crippen molar-refractivity contribution in [1.82, 2.24) is 25.0 Å². The predicted molar refractivity (Wildman–Crippen MR) is 156 cm³/mol. The molecule has 0 aliphatic heterocycles. The van der Waals surface area contributed by atoms with Crippen LogP contribution < -0.4 is 25.4 Å². The van der Waals surface area contributed by atoms with Gasteiger partial charge in [0.2, 0.25) is 17.8 Å². The number of nitrogens with zero attached hydrogens (tertiary/aromatic N) is 3. The Bertz CT molecular complexity index is 1620. The number of carbonyl (C=O) groups excluding carboxylic acids is 2. The van der Waals surface area contributed by atoms with Crippen molar-refractivity contribution in [3.05, 3.63) is 76.7 Å². The van der Waals surface area contributed by atoms with Crippen LogP contribution in [0.1, 0.15) is 41.6 Å². The first-order valence-electron chi connectivity index (χ1n) is 13.1. The van der Waals surface area contributed by atoms with Gasteiger partial charge < -0.3 is 20.7 Å². The minimum Gasteiger partial charge on any atom is -0.454 e. The van der Waals surface area contributed by atoms with Gasteiger partial charge in [0.05, 0.1) is 5.54 Å². The number of benzene rings is 2. The van der Waals surface area contributed by atoms with E-state index in [1.165, 1.54) is 24.3 Å². The zero-order valence-corrected chi connectivity index (χ0v) is 24.5. The van der Waals surface area contributed by atoms with E-state index in [0.717, 1.165) is 18.4 Å². The first kappa shape index (κ1) is 32.5. The molecule has 44 heavy (non-hydrogen) atoms. The third-order valence-corrected chi connectivity index (χ3v) is 7.43. The molecule has 1 fully saturated rings. The quantitative estimate of drug-likeness (QED) is 0.183. The molecule has 0 unspecified atom stereocenters. The fourth-order valence-electron chi connectivity index (χ4n) is 3.91. The summed E-state index contributed by atoms with van der Waals surface area (Å²) in [7, 11) is -3.88. The molecule has 1 heterocycles. The Balaban J connectivity index is 1.40. The fraction of sp³-hybridized carbons (Fsp3) is 0.296. The number of hydrogen-bond donors (Lipinski definition) is 4. The van der Waals surface area contributed by atoms with Crippen LogP contribution in [0.25, 0.3) is 0 Å². The highest BCUT2D eigenvalue weighted by atomic mass is 35.5. The van der Waals surface area contributed by atoms with Crippen molar-refractivity contribution in [2.75, 3.05) is 23.8 Å². The van der Waals surface area contributed by atoms with Gasteiger partial charge in [0.1, 0.15) is 0 Å². The van der Waals surface area contributed by atoms with E-state index >= 15 is 0 Å². The minimum absolute atomic E-state index is 0.00102. The number of anilines is 3. The molecular formula is C27H27ClF3N7O5S. The third-order valence-electron chi connectivity index (χ3n) is 6.22. The monoisotopic (exact) mass is 653 g/mol. The van der Waals surface area contributed by atoms with Crippen molar-refractivity contribution in [3.8, 4) is 6.01 Å². The van der Waals surface area contributed by atoms with Crippen LogP contribution in [0.2, 0.25) is 5.02 Å². The normalized spacial score (nSPS) is 13.8. The summed E-state index contributed by atoms with van der Waals surface area (Å²) in [5.74, 6) is -1.27. The molecule has 1 saturated carbocycles. The summed E-state index contributed by atoms with van der Waals surface area (Å²) >= 11 is 6.00. The zero-order chi connectivity index (χ0) is 32.0. The highest BCUT2D eigenvalue weighted by molar-refractivity contribution is 7.92. The van der Waals surface area contributed by atoms with E-state index in [9.17, 15) is 31.2 Å². The van der Waals surface area contributed by atoms with Crippen molar-refractivity contribution < 1.29 is 35.9 Å². The second-order valence-electron chi connectivity index (χ2n) is 9.68. The van der Waals surface area contributed by atoms with Gasteiger partial charge in [-0.2, -0.15) is 28.1 Å². The summed E-state index contributed by atoms with van der Waals surface area (Å²) in [6, 6.07) is 12.7. The van der Waals surface area contributed by atoms with Crippen molar-refractivity contribution in [2.45, 2.75) is 37.4 Å². The molecule has 1 aliphatic rings. The van der Waals surface area contributed by atoms with Gasteiger partial charge in [-0.05, 0) is 61.2 Å². The molecule has 2 amide bonds. The maximum atomic E-state index is 12.8. The molecule has 0 radical (unpaired) electrons. The fourth-order valence-corrected chi connectivity index (χ4v) is 4.54. The summed E-state index contributed by atoms with van der Waals surface area (Å²) in [4.78, 5) is 36.4. The van der Waals surface area contributed by atoms with E-state index in [1.807, 2.05) is 16.9 Å². The minimum atomic E-state index is -4.61. The number of amides is 2. The molecular weight excluding hydrogens is 627 g/mol. The number of sulfonamides is 1. The van der Waals surface area contributed by atoms with Crippen molar-refractivity contribution in [2.24, 2.45) is 0 Å². The molecule has 1 aliphatic carbocycles. The Hall–Kier alpha value is -4.44. The van der Waals surface area contributed by atoms with E-state index in [-0.39, 0.29) is 36.8 Å². The number of hydrogen-bond acceptors (Lipinski definition) is 10. The SMILES string of the molecule is C=CS(=O)(=O)NC(=O)CCCNC(=O)c1ccc(Nc2nc(NC3(c4ccc(Cl)cc4)CC3)nc(OCC(F)(F)F)n2)cc1. The molecule has 0 saturated heterocycles. The summed E-state index contributed by atoms with van der Waals surface area (Å²) in [6.45, 7) is 1.61. The maximum Gasteiger partial charge on any atom is 0.422 e. The Morgan fingerprint density at radius 1 is 1.02 bits per heavy atom. The van der Waals surface area contributed by atoms with E-state index < -0.39 is 46.2 Å². The molecule has 1 aromatic heterocycles. The van der Waals surface area contributed by atoms with Gasteiger partial charge in [-0.3, -0.25) is 9.59 Å². The first-order valence-corrected chi connectivity index (χ1v) is 15.0. The number of carbonyl (C=O) groups is 2. The lowest BCUT2D eigenvalue weighted by molar-refractivity contribution is -0.154. The van der Waals surface area contributed by atoms with Crippen molar-refractivity contribution in [1.29, 1.82) is 0 Å². The Labute approximate surface area is 255 Å². The van der Waals surface area contributed by atoms with E-state index in [2.05, 4.69) is 37.5 Å². The maximum absolute atomic E-state index is 12.8. The van der Waals surface area contributed by atoms with E-state index in [1.54, 1.807) is 12.1 Å². The van der Waals surface area contributed by atoms with Gasteiger partial charge in [-0.25, -0.2) is 13.1 Å². The molecule has 0 bridgehead atoms. The lowest BCUT2D eigenvalue weighted by Crippen LogP contribution is -2.30. The summed E-state index contributed by atoms with van der Waals surface area (Å²) in [5.41, 5.74) is 1.08. The molecule has 0 atom stereocenters. The van der Waals surface area contributed by atoms with Crippen LogP contribution in [-0.4, -0.2) is 54.5 Å². The molecule has 2 aromatic carbocycles. The van der Waals surface area contributed by atoms with Crippen molar-refractivity contribution in [3.63, 3.8) is 0 Å². The number of ether oxygens (including phenoxy) is 1. The molecule has 17 heteroatoms. The average molecular weight is 654 g/mol. The average Bonchev–Trinajstić information content (AvgIpc) is 3.74. The lowest BCUT2D eigenvalue weighted by Gasteiger charge is -2.19. The Morgan fingerprint density at radius 2 is 1.68 bits per heavy atom. The predicted octanol–water partition coefficient (Wildman–Crippen LogP) is 4.41. The number of rotatable bonds is 14. The third kappa shape index (κ3) is 9.54. The van der Waals surface area contributed by atoms with Gasteiger partial charge in [0.25, 0.3) is 15.9 Å². The zero-order valence-electron chi connectivity index (χ0n) is 22.9. The van der Waals surface area contributed by atoms with Gasteiger partial charge in [-0.1, -0.05) is 30.3 Å². The molecule has 3 aromatic rings. The topological polar surface area (TPSA) is 164 Å². The summed E-state index contributed by atoms with van der Waals surface area (Å²) < 4.78 is 67.7. The highest BCUT2D eigenvalue weighted by Gasteiger charge is 2.45. The van der Waals surface area contributed by atoms with Gasteiger partial charge in [-0.15, -0.1) is 0 Å². The van der Waals surface area contributed by atoms with Crippen LogP contribution in [0.15, 0.2) is 60.5 Å². The number of alkyl halides is 3. The molecule has 4 N–H and O–H groups in total. The molecule has 234 valence electrons. The molecule has 0 spiro atoms. The van der Waals surface area contributed by atoms with E-state index in [0.29, 0.717) is 16.1 Å². The largest absolute Gasteiger partial charge is 0.454 e. The van der Waals surface area contributed by atoms with Crippen LogP contribution in [0.4, 0.5) is 30.8 Å². The van der Waals surface area contributed by atoms with Gasteiger partial charge >= 0.3 is 12.2 Å². The van der Waals surface area contributed by atoms with Crippen LogP contribution >= 0.6 is 11.6 Å². The number of aromatic nitrogens is 3. The van der Waals surface area contributed by atoms with Crippen molar-refractivity contribution >= 4 is 51.0 Å². The van der Waals surface area contributed by atoms with Crippen LogP contribution in [0.3, 0.4) is 0 Å². The van der Waals surface area contributed by atoms with Crippen LogP contribution in [0, 0.1) is 0 Å². The second kappa shape index (κ2) is 13.5. The van der Waals surface area contributed by atoms with Gasteiger partial charge in [0, 0.05) is 34.6 Å². The van der Waals surface area contributed by atoms with Crippen LogP contribution in [-0.2, 0) is 20.4 Å². The highest BCUT2D eigenvalue weighted by Crippen LogP contribution is 2.48. The molecule has 12 nitrogen and oxygen atoms in total.